The molecule has 0 aliphatic rings. The van der Waals surface area contributed by atoms with E-state index in [4.69, 9.17) is 4.42 Å². The van der Waals surface area contributed by atoms with Crippen molar-refractivity contribution in [3.63, 3.8) is 0 Å². The van der Waals surface area contributed by atoms with Gasteiger partial charge < -0.3 is 8.98 Å². The Morgan fingerprint density at radius 3 is 1.46 bits per heavy atom. The van der Waals surface area contributed by atoms with Crippen molar-refractivity contribution in [2.24, 2.45) is 0 Å². The van der Waals surface area contributed by atoms with Crippen LogP contribution in [0.3, 0.4) is 0 Å². The number of para-hydroxylation sites is 1. The minimum atomic E-state index is 0.849. The molecule has 262 valence electrons. The monoisotopic (exact) mass is 713 g/mol. The lowest BCUT2D eigenvalue weighted by atomic mass is 9.94. The summed E-state index contributed by atoms with van der Waals surface area (Å²) in [5.74, 6) is 0. The Labute approximate surface area is 323 Å². The second-order valence-electron chi connectivity index (χ2n) is 14.5. The highest BCUT2D eigenvalue weighted by molar-refractivity contribution is 6.26. The standard InChI is InChI=1S/C54H35NO/c1-3-15-34(4-2)35-26-29-51-48(30-35)43-22-11-8-18-39(43)40-19-9-12-23-44(40)49-32-50-46-24-13-14-25-53(46)56-54(50)33-52(49)55(51)36-27-28-45-41-20-6-5-16-37(41)38-17-7-10-21-42(38)47(45)31-36/h3-33H,1-2H2/b34-15+. The summed E-state index contributed by atoms with van der Waals surface area (Å²) in [5.41, 5.74) is 6.99. The van der Waals surface area contributed by atoms with Gasteiger partial charge in [0.05, 0.1) is 11.0 Å². The fourth-order valence-electron chi connectivity index (χ4n) is 9.05. The van der Waals surface area contributed by atoms with Crippen molar-refractivity contribution < 1.29 is 4.42 Å². The number of hydrogen-bond donors (Lipinski definition) is 0. The smallest absolute Gasteiger partial charge is 0.137 e. The van der Waals surface area contributed by atoms with Gasteiger partial charge in [-0.3, -0.25) is 0 Å². The van der Waals surface area contributed by atoms with E-state index in [1.165, 1.54) is 43.1 Å². The van der Waals surface area contributed by atoms with Crippen LogP contribution in [0.25, 0.3) is 109 Å². The van der Waals surface area contributed by atoms with Gasteiger partial charge in [-0.25, -0.2) is 0 Å². The molecule has 0 spiro atoms. The minimum absolute atomic E-state index is 0.849. The molecule has 11 aromatic rings. The summed E-state index contributed by atoms with van der Waals surface area (Å²) in [6.07, 6.45) is 5.76. The number of fused-ring (bicyclic) bond motifs is 16. The number of hydrogen-bond acceptors (Lipinski definition) is 1. The maximum absolute atomic E-state index is 6.66. The van der Waals surface area contributed by atoms with Crippen LogP contribution in [0.15, 0.2) is 206 Å². The van der Waals surface area contributed by atoms with E-state index in [0.29, 0.717) is 0 Å². The largest absolute Gasteiger partial charge is 0.456 e. The zero-order valence-electron chi connectivity index (χ0n) is 30.7. The van der Waals surface area contributed by atoms with Crippen LogP contribution in [0.4, 0.5) is 0 Å². The van der Waals surface area contributed by atoms with Crippen molar-refractivity contribution in [1.29, 1.82) is 0 Å². The Morgan fingerprint density at radius 2 is 0.893 bits per heavy atom. The van der Waals surface area contributed by atoms with E-state index in [-0.39, 0.29) is 0 Å². The quantitative estimate of drug-likeness (QED) is 0.131. The van der Waals surface area contributed by atoms with E-state index in [0.717, 1.165) is 71.3 Å². The van der Waals surface area contributed by atoms with E-state index in [1.807, 2.05) is 24.3 Å². The Balaban J connectivity index is 1.43. The fourth-order valence-corrected chi connectivity index (χ4v) is 9.05. The fraction of sp³-hybridized carbons (Fsp3) is 0. The number of nitrogens with zero attached hydrogens (tertiary/aromatic N) is 1. The van der Waals surface area contributed by atoms with Crippen LogP contribution >= 0.6 is 0 Å². The zero-order chi connectivity index (χ0) is 37.3. The number of benzene rings is 9. The highest BCUT2D eigenvalue weighted by Gasteiger charge is 2.17. The van der Waals surface area contributed by atoms with Crippen LogP contribution in [-0.4, -0.2) is 4.57 Å². The van der Waals surface area contributed by atoms with Crippen LogP contribution < -0.4 is 0 Å². The second kappa shape index (κ2) is 12.6. The third-order valence-corrected chi connectivity index (χ3v) is 11.5. The lowest BCUT2D eigenvalue weighted by Gasteiger charge is -2.17. The van der Waals surface area contributed by atoms with Gasteiger partial charge in [-0.2, -0.15) is 0 Å². The summed E-state index contributed by atoms with van der Waals surface area (Å²) < 4.78 is 9.11. The molecule has 2 nitrogen and oxygen atoms in total. The summed E-state index contributed by atoms with van der Waals surface area (Å²) in [5, 5.41) is 16.6. The van der Waals surface area contributed by atoms with Crippen molar-refractivity contribution in [3.05, 3.63) is 207 Å². The Bertz CT molecular complexity index is 3540. The zero-order valence-corrected chi connectivity index (χ0v) is 30.7. The average Bonchev–Trinajstić information content (AvgIpc) is 3.64. The molecule has 0 saturated heterocycles. The van der Waals surface area contributed by atoms with Gasteiger partial charge in [-0.05, 0) is 101 Å². The molecule has 11 rings (SSSR count). The SMILES string of the molecule is C=C/C=C(\C=C)c1ccc2c(c1)c1ccccc1c1ccccc1c1cc3c(cc1n2-c1ccc2c4ccccc4c4ccccc4c2c1)oc1ccccc13. The maximum Gasteiger partial charge on any atom is 0.137 e. The van der Waals surface area contributed by atoms with Gasteiger partial charge in [-0.1, -0.05) is 159 Å². The molecule has 0 saturated carbocycles. The molecular weight excluding hydrogens is 679 g/mol. The molecule has 0 aliphatic carbocycles. The average molecular weight is 714 g/mol. The molecule has 0 atom stereocenters. The number of allylic oxidation sites excluding steroid dienone is 4. The van der Waals surface area contributed by atoms with Crippen LogP contribution in [0.5, 0.6) is 0 Å². The van der Waals surface area contributed by atoms with Crippen molar-refractivity contribution >= 4 is 103 Å². The highest BCUT2D eigenvalue weighted by atomic mass is 16.3. The summed E-state index contributed by atoms with van der Waals surface area (Å²) in [7, 11) is 0. The molecule has 2 heteroatoms. The molecule has 0 unspecified atom stereocenters. The summed E-state index contributed by atoms with van der Waals surface area (Å²) in [6, 6.07) is 61.9. The molecule has 0 bridgehead atoms. The van der Waals surface area contributed by atoms with E-state index in [1.54, 1.807) is 0 Å². The molecule has 9 aromatic carbocycles. The topological polar surface area (TPSA) is 18.1 Å². The first-order chi connectivity index (χ1) is 27.7. The van der Waals surface area contributed by atoms with Gasteiger partial charge in [-0.15, -0.1) is 0 Å². The number of rotatable bonds is 4. The molecule has 2 aromatic heterocycles. The first kappa shape index (κ1) is 32.0. The molecule has 0 amide bonds. The van der Waals surface area contributed by atoms with Gasteiger partial charge in [0.15, 0.2) is 0 Å². The highest BCUT2D eigenvalue weighted by Crippen LogP contribution is 2.41. The normalized spacial score (nSPS) is 12.2. The van der Waals surface area contributed by atoms with Crippen molar-refractivity contribution in [3.8, 4) is 5.69 Å². The lowest BCUT2D eigenvalue weighted by Crippen LogP contribution is -1.99. The summed E-state index contributed by atoms with van der Waals surface area (Å²) in [6.45, 7) is 8.17. The van der Waals surface area contributed by atoms with Gasteiger partial charge in [0.2, 0.25) is 0 Å². The third-order valence-electron chi connectivity index (χ3n) is 11.5. The predicted octanol–water partition coefficient (Wildman–Crippen LogP) is 15.3. The van der Waals surface area contributed by atoms with Gasteiger partial charge in [0, 0.05) is 33.3 Å². The van der Waals surface area contributed by atoms with E-state index < -0.39 is 0 Å². The van der Waals surface area contributed by atoms with Gasteiger partial charge in [0.25, 0.3) is 0 Å². The maximum atomic E-state index is 6.66. The van der Waals surface area contributed by atoms with Gasteiger partial charge >= 0.3 is 0 Å². The first-order valence-corrected chi connectivity index (χ1v) is 19.1. The first-order valence-electron chi connectivity index (χ1n) is 19.1. The number of aromatic nitrogens is 1. The molecule has 0 aliphatic heterocycles. The second-order valence-corrected chi connectivity index (χ2v) is 14.5. The minimum Gasteiger partial charge on any atom is -0.456 e. The van der Waals surface area contributed by atoms with Crippen LogP contribution in [0.1, 0.15) is 5.56 Å². The molecule has 0 radical (unpaired) electrons. The molecular formula is C54H35NO. The van der Waals surface area contributed by atoms with Crippen LogP contribution in [0, 0.1) is 0 Å². The molecule has 2 heterocycles. The molecule has 0 N–H and O–H groups in total. The van der Waals surface area contributed by atoms with Crippen molar-refractivity contribution in [1.82, 2.24) is 4.57 Å². The van der Waals surface area contributed by atoms with Crippen molar-refractivity contribution in [2.75, 3.05) is 0 Å². The lowest BCUT2D eigenvalue weighted by molar-refractivity contribution is 0.669. The van der Waals surface area contributed by atoms with E-state index in [9.17, 15) is 0 Å². The van der Waals surface area contributed by atoms with Crippen molar-refractivity contribution in [2.45, 2.75) is 0 Å². The Hall–Kier alpha value is -7.42. The van der Waals surface area contributed by atoms with E-state index >= 15 is 0 Å². The van der Waals surface area contributed by atoms with Crippen LogP contribution in [0.2, 0.25) is 0 Å². The predicted molar refractivity (Wildman–Crippen MR) is 242 cm³/mol. The Kier molecular flexibility index (Phi) is 7.20. The Morgan fingerprint density at radius 1 is 0.393 bits per heavy atom. The molecule has 56 heavy (non-hydrogen) atoms. The summed E-state index contributed by atoms with van der Waals surface area (Å²) in [4.78, 5) is 0. The van der Waals surface area contributed by atoms with Crippen LogP contribution in [-0.2, 0) is 0 Å². The summed E-state index contributed by atoms with van der Waals surface area (Å²) >= 11 is 0. The third kappa shape index (κ3) is 4.76. The van der Waals surface area contributed by atoms with Gasteiger partial charge in [0.1, 0.15) is 11.2 Å². The molecule has 0 fully saturated rings. The van der Waals surface area contributed by atoms with E-state index in [2.05, 4.69) is 182 Å². The number of furan rings is 1.